The van der Waals surface area contributed by atoms with Gasteiger partial charge in [0.05, 0.1) is 7.11 Å². The predicted molar refractivity (Wildman–Crippen MR) is 98.0 cm³/mol. The first-order chi connectivity index (χ1) is 12.2. The van der Waals surface area contributed by atoms with E-state index in [2.05, 4.69) is 10.3 Å². The third-order valence-corrected chi connectivity index (χ3v) is 4.30. The van der Waals surface area contributed by atoms with E-state index in [1.54, 1.807) is 12.5 Å². The highest BCUT2D eigenvalue weighted by atomic mass is 32.1. The Bertz CT molecular complexity index is 833. The van der Waals surface area contributed by atoms with Crippen molar-refractivity contribution in [2.24, 2.45) is 0 Å². The molecule has 0 fully saturated rings. The Morgan fingerprint density at radius 3 is 2.72 bits per heavy atom. The van der Waals surface area contributed by atoms with E-state index < -0.39 is 5.97 Å². The number of anilines is 1. The molecule has 1 aromatic heterocycles. The van der Waals surface area contributed by atoms with Gasteiger partial charge >= 0.3 is 5.97 Å². The molecule has 3 aromatic rings. The Morgan fingerprint density at radius 2 is 1.92 bits per heavy atom. The van der Waals surface area contributed by atoms with Crippen LogP contribution in [0.4, 0.5) is 5.13 Å². The summed E-state index contributed by atoms with van der Waals surface area (Å²) in [6.07, 6.45) is 0. The van der Waals surface area contributed by atoms with E-state index >= 15 is 0 Å². The molecule has 0 saturated carbocycles. The molecule has 0 radical (unpaired) electrons. The molecule has 25 heavy (non-hydrogen) atoms. The Kier molecular flexibility index (Phi) is 5.64. The summed E-state index contributed by atoms with van der Waals surface area (Å²) in [5, 5.41) is 5.60. The van der Waals surface area contributed by atoms with Crippen molar-refractivity contribution in [2.45, 2.75) is 13.2 Å². The lowest BCUT2D eigenvalue weighted by Gasteiger charge is -2.05. The van der Waals surface area contributed by atoms with Gasteiger partial charge in [0.2, 0.25) is 0 Å². The number of benzene rings is 2. The van der Waals surface area contributed by atoms with E-state index in [1.165, 1.54) is 11.3 Å². The van der Waals surface area contributed by atoms with E-state index in [9.17, 15) is 4.79 Å². The van der Waals surface area contributed by atoms with Crippen molar-refractivity contribution in [3.05, 3.63) is 76.8 Å². The first-order valence-corrected chi connectivity index (χ1v) is 8.66. The standard InChI is InChI=1S/C19H18N2O3S/c1-23-16-9-5-8-15(10-16)12-24-18(22)17-13-25-19(21-17)20-11-14-6-3-2-4-7-14/h2-10,13H,11-12H2,1H3,(H,20,21). The van der Waals surface area contributed by atoms with E-state index in [0.29, 0.717) is 17.4 Å². The van der Waals surface area contributed by atoms with Crippen LogP contribution in [0.2, 0.25) is 0 Å². The van der Waals surface area contributed by atoms with Crippen LogP contribution in [0.5, 0.6) is 5.75 Å². The monoisotopic (exact) mass is 354 g/mol. The largest absolute Gasteiger partial charge is 0.497 e. The fourth-order valence-corrected chi connectivity index (χ4v) is 2.89. The Balaban J connectivity index is 1.53. The second kappa shape index (κ2) is 8.30. The zero-order chi connectivity index (χ0) is 17.5. The van der Waals surface area contributed by atoms with Crippen LogP contribution in [0.15, 0.2) is 60.0 Å². The Morgan fingerprint density at radius 1 is 1.12 bits per heavy atom. The molecule has 1 heterocycles. The number of ether oxygens (including phenoxy) is 2. The minimum Gasteiger partial charge on any atom is -0.497 e. The molecule has 0 unspecified atom stereocenters. The van der Waals surface area contributed by atoms with Crippen LogP contribution in [0.1, 0.15) is 21.6 Å². The van der Waals surface area contributed by atoms with Crippen molar-refractivity contribution in [2.75, 3.05) is 12.4 Å². The number of nitrogens with one attached hydrogen (secondary N) is 1. The summed E-state index contributed by atoms with van der Waals surface area (Å²) < 4.78 is 10.5. The van der Waals surface area contributed by atoms with E-state index in [0.717, 1.165) is 16.9 Å². The number of carbonyl (C=O) groups is 1. The molecule has 0 aliphatic rings. The first-order valence-electron chi connectivity index (χ1n) is 7.78. The van der Waals surface area contributed by atoms with Crippen LogP contribution < -0.4 is 10.1 Å². The van der Waals surface area contributed by atoms with Crippen molar-refractivity contribution in [1.82, 2.24) is 4.98 Å². The summed E-state index contributed by atoms with van der Waals surface area (Å²) in [7, 11) is 1.60. The van der Waals surface area contributed by atoms with Gasteiger partial charge in [-0.1, -0.05) is 42.5 Å². The van der Waals surface area contributed by atoms with Crippen LogP contribution >= 0.6 is 11.3 Å². The summed E-state index contributed by atoms with van der Waals surface area (Å²) in [6, 6.07) is 17.4. The number of hydrogen-bond donors (Lipinski definition) is 1. The van der Waals surface area contributed by atoms with Crippen LogP contribution in [0.25, 0.3) is 0 Å². The van der Waals surface area contributed by atoms with Crippen molar-refractivity contribution in [3.63, 3.8) is 0 Å². The minimum atomic E-state index is -0.438. The van der Waals surface area contributed by atoms with Gasteiger partial charge in [-0.05, 0) is 23.3 Å². The minimum absolute atomic E-state index is 0.181. The second-order valence-corrected chi connectivity index (χ2v) is 6.16. The average molecular weight is 354 g/mol. The maximum absolute atomic E-state index is 12.1. The number of carbonyl (C=O) groups excluding carboxylic acids is 1. The molecule has 0 amide bonds. The van der Waals surface area contributed by atoms with Crippen molar-refractivity contribution in [1.29, 1.82) is 0 Å². The van der Waals surface area contributed by atoms with Gasteiger partial charge in [0.25, 0.3) is 0 Å². The number of esters is 1. The smallest absolute Gasteiger partial charge is 0.358 e. The lowest BCUT2D eigenvalue weighted by atomic mass is 10.2. The first kappa shape index (κ1) is 17.0. The number of thiazole rings is 1. The summed E-state index contributed by atoms with van der Waals surface area (Å²) in [4.78, 5) is 16.4. The molecule has 0 spiro atoms. The SMILES string of the molecule is COc1cccc(COC(=O)c2csc(NCc3ccccc3)n2)c1. The fraction of sp³-hybridized carbons (Fsp3) is 0.158. The fourth-order valence-electron chi connectivity index (χ4n) is 2.21. The third kappa shape index (κ3) is 4.81. The van der Waals surface area contributed by atoms with Crippen molar-refractivity contribution >= 4 is 22.4 Å². The molecule has 2 aromatic carbocycles. The zero-order valence-corrected chi connectivity index (χ0v) is 14.6. The quantitative estimate of drug-likeness (QED) is 0.647. The van der Waals surface area contributed by atoms with Gasteiger partial charge in [-0.15, -0.1) is 11.3 Å². The third-order valence-electron chi connectivity index (χ3n) is 3.50. The number of methoxy groups -OCH3 is 1. The van der Waals surface area contributed by atoms with Gasteiger partial charge in [0.15, 0.2) is 10.8 Å². The van der Waals surface area contributed by atoms with E-state index in [1.807, 2.05) is 54.6 Å². The molecular formula is C19H18N2O3S. The van der Waals surface area contributed by atoms with Gasteiger partial charge in [0, 0.05) is 11.9 Å². The number of hydrogen-bond acceptors (Lipinski definition) is 6. The maximum Gasteiger partial charge on any atom is 0.358 e. The highest BCUT2D eigenvalue weighted by molar-refractivity contribution is 7.13. The normalized spacial score (nSPS) is 10.3. The highest BCUT2D eigenvalue weighted by Crippen LogP contribution is 2.18. The van der Waals surface area contributed by atoms with E-state index in [-0.39, 0.29) is 6.61 Å². The van der Waals surface area contributed by atoms with Crippen LogP contribution in [0.3, 0.4) is 0 Å². The van der Waals surface area contributed by atoms with Crippen LogP contribution in [-0.2, 0) is 17.9 Å². The molecule has 3 rings (SSSR count). The van der Waals surface area contributed by atoms with E-state index in [4.69, 9.17) is 9.47 Å². The van der Waals surface area contributed by atoms with Crippen LogP contribution in [0, 0.1) is 0 Å². The van der Waals surface area contributed by atoms with Crippen LogP contribution in [-0.4, -0.2) is 18.1 Å². The van der Waals surface area contributed by atoms with Gasteiger partial charge in [-0.25, -0.2) is 9.78 Å². The number of aromatic nitrogens is 1. The maximum atomic E-state index is 12.1. The summed E-state index contributed by atoms with van der Waals surface area (Å²) in [5.41, 5.74) is 2.33. The molecule has 6 heteroatoms. The van der Waals surface area contributed by atoms with Crippen molar-refractivity contribution in [3.8, 4) is 5.75 Å². The Hall–Kier alpha value is -2.86. The molecule has 128 valence electrons. The average Bonchev–Trinajstić information content (AvgIpc) is 3.14. The van der Waals surface area contributed by atoms with Gasteiger partial charge < -0.3 is 14.8 Å². The highest BCUT2D eigenvalue weighted by Gasteiger charge is 2.12. The Labute approximate surface area is 150 Å². The molecule has 0 saturated heterocycles. The lowest BCUT2D eigenvalue weighted by Crippen LogP contribution is -2.06. The second-order valence-electron chi connectivity index (χ2n) is 5.30. The molecule has 1 N–H and O–H groups in total. The van der Waals surface area contributed by atoms with Gasteiger partial charge in [0.1, 0.15) is 12.4 Å². The molecule has 0 atom stereocenters. The zero-order valence-electron chi connectivity index (χ0n) is 13.8. The molecule has 0 aliphatic carbocycles. The predicted octanol–water partition coefficient (Wildman–Crippen LogP) is 4.12. The number of rotatable bonds is 7. The molecule has 5 nitrogen and oxygen atoms in total. The number of nitrogens with zero attached hydrogens (tertiary/aromatic N) is 1. The van der Waals surface area contributed by atoms with Gasteiger partial charge in [-0.2, -0.15) is 0 Å². The summed E-state index contributed by atoms with van der Waals surface area (Å²) in [5.74, 6) is 0.293. The molecule has 0 bridgehead atoms. The molecule has 0 aliphatic heterocycles. The summed E-state index contributed by atoms with van der Waals surface area (Å²) in [6.45, 7) is 0.840. The topological polar surface area (TPSA) is 60.5 Å². The van der Waals surface area contributed by atoms with Gasteiger partial charge in [-0.3, -0.25) is 0 Å². The summed E-state index contributed by atoms with van der Waals surface area (Å²) >= 11 is 1.38. The van der Waals surface area contributed by atoms with Crippen molar-refractivity contribution < 1.29 is 14.3 Å². The molecular weight excluding hydrogens is 336 g/mol. The lowest BCUT2D eigenvalue weighted by molar-refractivity contribution is 0.0466.